The highest BCUT2D eigenvalue weighted by atomic mass is 31.2. The molecule has 0 radical (unpaired) electrons. The Bertz CT molecular complexity index is 80.7. The molecule has 0 bridgehead atoms. The van der Waals surface area contributed by atoms with Gasteiger partial charge in [0.1, 0.15) is 0 Å². The normalized spacial score (nSPS) is 16.4. The Morgan fingerprint density at radius 2 is 2.09 bits per heavy atom. The van der Waals surface area contributed by atoms with Crippen molar-refractivity contribution in [3.8, 4) is 0 Å². The van der Waals surface area contributed by atoms with Gasteiger partial charge in [-0.1, -0.05) is 0 Å². The topological polar surface area (TPSA) is 50.8 Å². The largest absolute Gasteiger partial charge is 0.786 e. The van der Waals surface area contributed by atoms with Crippen LogP contribution in [0.5, 0.6) is 0 Å². The Labute approximate surface area is 68.5 Å². The fraction of sp³-hybridized carbons (Fsp3) is 1.00. The molecular weight excluding hydrogens is 167 g/mol. The van der Waals surface area contributed by atoms with E-state index in [1.807, 2.05) is 6.92 Å². The van der Waals surface area contributed by atoms with Crippen LogP contribution >= 0.6 is 8.60 Å². The Morgan fingerprint density at radius 3 is 2.55 bits per heavy atom. The minimum absolute atomic E-state index is 0.134. The SMILES string of the molecule is COC(C)CCOP([O-])OC. The molecule has 0 saturated carbocycles. The molecule has 2 unspecified atom stereocenters. The molecule has 0 N–H and O–H groups in total. The maximum atomic E-state index is 10.5. The van der Waals surface area contributed by atoms with Gasteiger partial charge in [-0.2, -0.15) is 0 Å². The van der Waals surface area contributed by atoms with Crippen molar-refractivity contribution in [2.45, 2.75) is 19.4 Å². The van der Waals surface area contributed by atoms with E-state index >= 15 is 0 Å². The van der Waals surface area contributed by atoms with Crippen molar-refractivity contribution in [3.63, 3.8) is 0 Å². The van der Waals surface area contributed by atoms with Crippen LogP contribution in [0.4, 0.5) is 0 Å². The molecule has 0 aromatic rings. The number of hydrogen-bond donors (Lipinski definition) is 0. The molecule has 0 aromatic carbocycles. The van der Waals surface area contributed by atoms with E-state index in [2.05, 4.69) is 4.52 Å². The molecule has 0 aliphatic rings. The first-order valence-electron chi connectivity index (χ1n) is 3.37. The van der Waals surface area contributed by atoms with Crippen molar-refractivity contribution < 1.29 is 18.7 Å². The van der Waals surface area contributed by atoms with Crippen molar-refractivity contribution in [1.29, 1.82) is 0 Å². The van der Waals surface area contributed by atoms with Crippen molar-refractivity contribution in [2.24, 2.45) is 0 Å². The average molecular weight is 181 g/mol. The van der Waals surface area contributed by atoms with E-state index in [9.17, 15) is 4.89 Å². The summed E-state index contributed by atoms with van der Waals surface area (Å²) in [4.78, 5) is 10.5. The van der Waals surface area contributed by atoms with Gasteiger partial charge < -0.3 is 18.7 Å². The lowest BCUT2D eigenvalue weighted by atomic mass is 10.3. The van der Waals surface area contributed by atoms with E-state index in [4.69, 9.17) is 9.26 Å². The van der Waals surface area contributed by atoms with Gasteiger partial charge in [0.2, 0.25) is 0 Å². The Morgan fingerprint density at radius 1 is 1.45 bits per heavy atom. The highest BCUT2D eigenvalue weighted by Crippen LogP contribution is 2.25. The van der Waals surface area contributed by atoms with Crippen molar-refractivity contribution >= 4 is 8.60 Å². The lowest BCUT2D eigenvalue weighted by Gasteiger charge is -2.20. The molecule has 0 aromatic heterocycles. The third kappa shape index (κ3) is 6.66. The lowest BCUT2D eigenvalue weighted by Crippen LogP contribution is -2.09. The fourth-order valence-corrected chi connectivity index (χ4v) is 0.824. The molecule has 5 heteroatoms. The van der Waals surface area contributed by atoms with Gasteiger partial charge in [0.15, 0.2) is 0 Å². The van der Waals surface area contributed by atoms with Crippen molar-refractivity contribution in [1.82, 2.24) is 0 Å². The maximum absolute atomic E-state index is 10.5. The molecule has 4 nitrogen and oxygen atoms in total. The average Bonchev–Trinajstić information content (AvgIpc) is 2.04. The van der Waals surface area contributed by atoms with Gasteiger partial charge in [-0.3, -0.25) is 0 Å². The van der Waals surface area contributed by atoms with Crippen molar-refractivity contribution in [3.05, 3.63) is 0 Å². The highest BCUT2D eigenvalue weighted by molar-refractivity contribution is 7.38. The molecule has 0 aliphatic carbocycles. The summed E-state index contributed by atoms with van der Waals surface area (Å²) in [5.74, 6) is 0. The monoisotopic (exact) mass is 181 g/mol. The number of methoxy groups -OCH3 is 1. The second-order valence-electron chi connectivity index (χ2n) is 2.07. The number of rotatable bonds is 6. The van der Waals surface area contributed by atoms with E-state index in [-0.39, 0.29) is 6.10 Å². The van der Waals surface area contributed by atoms with Crippen LogP contribution < -0.4 is 4.89 Å². The molecule has 0 saturated heterocycles. The first-order chi connectivity index (χ1) is 5.20. The van der Waals surface area contributed by atoms with Crippen LogP contribution in [-0.4, -0.2) is 26.9 Å². The molecule has 0 rings (SSSR count). The summed E-state index contributed by atoms with van der Waals surface area (Å²) >= 11 is 0. The number of hydrogen-bond acceptors (Lipinski definition) is 4. The van der Waals surface area contributed by atoms with Crippen LogP contribution in [0.15, 0.2) is 0 Å². The van der Waals surface area contributed by atoms with Crippen LogP contribution in [-0.2, 0) is 13.8 Å². The molecule has 0 aliphatic heterocycles. The Kier molecular flexibility index (Phi) is 7.12. The van der Waals surface area contributed by atoms with E-state index < -0.39 is 8.60 Å². The van der Waals surface area contributed by atoms with Crippen LogP contribution in [0.2, 0.25) is 0 Å². The van der Waals surface area contributed by atoms with E-state index in [1.165, 1.54) is 7.11 Å². The van der Waals surface area contributed by atoms with Crippen LogP contribution in [0, 0.1) is 0 Å². The maximum Gasteiger partial charge on any atom is 0.0824 e. The summed E-state index contributed by atoms with van der Waals surface area (Å²) in [5, 5.41) is 0. The molecule has 11 heavy (non-hydrogen) atoms. The van der Waals surface area contributed by atoms with Gasteiger partial charge in [-0.05, 0) is 13.3 Å². The predicted octanol–water partition coefficient (Wildman–Crippen LogP) is 0.662. The van der Waals surface area contributed by atoms with Crippen LogP contribution in [0.3, 0.4) is 0 Å². The highest BCUT2D eigenvalue weighted by Gasteiger charge is 1.99. The molecule has 68 valence electrons. The van der Waals surface area contributed by atoms with Gasteiger partial charge in [-0.25, -0.2) is 0 Å². The second kappa shape index (κ2) is 6.95. The zero-order chi connectivity index (χ0) is 8.69. The third-order valence-corrected chi connectivity index (χ3v) is 1.96. The quantitative estimate of drug-likeness (QED) is 0.565. The summed E-state index contributed by atoms with van der Waals surface area (Å²) < 4.78 is 14.1. The smallest absolute Gasteiger partial charge is 0.0824 e. The molecule has 0 fully saturated rings. The lowest BCUT2D eigenvalue weighted by molar-refractivity contribution is -0.202. The van der Waals surface area contributed by atoms with Gasteiger partial charge >= 0.3 is 0 Å². The zero-order valence-corrected chi connectivity index (χ0v) is 7.97. The van der Waals surface area contributed by atoms with Crippen LogP contribution in [0.25, 0.3) is 0 Å². The molecule has 0 spiro atoms. The number of ether oxygens (including phenoxy) is 1. The minimum Gasteiger partial charge on any atom is -0.786 e. The summed E-state index contributed by atoms with van der Waals surface area (Å²) in [6.07, 6.45) is 0.858. The second-order valence-corrected chi connectivity index (χ2v) is 3.14. The van der Waals surface area contributed by atoms with E-state index in [0.717, 1.165) is 6.42 Å². The first kappa shape index (κ1) is 11.3. The minimum atomic E-state index is -1.92. The van der Waals surface area contributed by atoms with E-state index in [0.29, 0.717) is 6.61 Å². The standard InChI is InChI=1S/C6H14O4P/c1-6(8-2)4-5-10-11(7)9-3/h6H,4-5H2,1-3H3/q-1. The summed E-state index contributed by atoms with van der Waals surface area (Å²) in [6.45, 7) is 2.32. The summed E-state index contributed by atoms with van der Waals surface area (Å²) in [6, 6.07) is 0. The molecule has 2 atom stereocenters. The molecular formula is C6H14O4P-. The van der Waals surface area contributed by atoms with Crippen LogP contribution in [0.1, 0.15) is 13.3 Å². The first-order valence-corrected chi connectivity index (χ1v) is 4.47. The zero-order valence-electron chi connectivity index (χ0n) is 7.07. The van der Waals surface area contributed by atoms with Gasteiger partial charge in [0, 0.05) is 14.2 Å². The molecule has 0 amide bonds. The van der Waals surface area contributed by atoms with Gasteiger partial charge in [0.25, 0.3) is 0 Å². The fourth-order valence-electron chi connectivity index (χ4n) is 0.464. The summed E-state index contributed by atoms with van der Waals surface area (Å²) in [7, 11) is 1.05. The third-order valence-electron chi connectivity index (χ3n) is 1.27. The van der Waals surface area contributed by atoms with Gasteiger partial charge in [0.05, 0.1) is 21.3 Å². The van der Waals surface area contributed by atoms with Crippen molar-refractivity contribution in [2.75, 3.05) is 20.8 Å². The predicted molar refractivity (Wildman–Crippen MR) is 41.0 cm³/mol. The molecule has 0 heterocycles. The van der Waals surface area contributed by atoms with Gasteiger partial charge in [-0.15, -0.1) is 0 Å². The summed E-state index contributed by atoms with van der Waals surface area (Å²) in [5.41, 5.74) is 0. The van der Waals surface area contributed by atoms with E-state index in [1.54, 1.807) is 7.11 Å². The Balaban J connectivity index is 3.13. The Hall–Kier alpha value is 0.270.